The molecule has 0 bridgehead atoms. The molecule has 1 heterocycles. The van der Waals surface area contributed by atoms with Gasteiger partial charge in [-0.25, -0.2) is 0 Å². The molecule has 1 fully saturated rings. The molecule has 172 valence electrons. The predicted molar refractivity (Wildman–Crippen MR) is 122 cm³/mol. The lowest BCUT2D eigenvalue weighted by atomic mass is 9.89. The first-order chi connectivity index (χ1) is 15.5. The van der Waals surface area contributed by atoms with Crippen molar-refractivity contribution in [3.05, 3.63) is 46.5 Å². The molecule has 0 radical (unpaired) electrons. The molecule has 1 N–H and O–H groups in total. The number of rotatable bonds is 6. The highest BCUT2D eigenvalue weighted by molar-refractivity contribution is 5.97. The average molecular weight is 441 g/mol. The van der Waals surface area contributed by atoms with Gasteiger partial charge in [0.2, 0.25) is 5.75 Å². The van der Waals surface area contributed by atoms with Gasteiger partial charge in [0.05, 0.1) is 26.9 Å². The number of carbonyl (C=O) groups excluding carboxylic acids is 1. The highest BCUT2D eigenvalue weighted by Crippen LogP contribution is 2.40. The zero-order valence-corrected chi connectivity index (χ0v) is 19.1. The van der Waals surface area contributed by atoms with Crippen LogP contribution in [0.1, 0.15) is 39.9 Å². The number of aromatic hydroxyl groups is 1. The van der Waals surface area contributed by atoms with Crippen LogP contribution in [0.3, 0.4) is 0 Å². The van der Waals surface area contributed by atoms with Gasteiger partial charge in [-0.15, -0.1) is 0 Å². The van der Waals surface area contributed by atoms with Gasteiger partial charge in [-0.2, -0.15) is 0 Å². The van der Waals surface area contributed by atoms with Crippen LogP contribution in [0.4, 0.5) is 0 Å². The van der Waals surface area contributed by atoms with E-state index in [-0.39, 0.29) is 11.7 Å². The summed E-state index contributed by atoms with van der Waals surface area (Å²) in [6.07, 6.45) is 4.25. The second-order valence-electron chi connectivity index (χ2n) is 8.41. The molecular weight excluding hydrogens is 408 g/mol. The highest BCUT2D eigenvalue weighted by Gasteiger charge is 2.26. The van der Waals surface area contributed by atoms with E-state index in [0.717, 1.165) is 44.3 Å². The normalized spacial score (nSPS) is 16.4. The molecule has 2 aromatic carbocycles. The molecular formula is C25H32N2O5. The van der Waals surface area contributed by atoms with E-state index in [9.17, 15) is 9.90 Å². The minimum atomic E-state index is -0.0841. The van der Waals surface area contributed by atoms with Crippen molar-refractivity contribution in [2.24, 2.45) is 0 Å². The summed E-state index contributed by atoms with van der Waals surface area (Å²) in [5, 5.41) is 10.5. The van der Waals surface area contributed by atoms with E-state index in [4.69, 9.17) is 14.2 Å². The number of aryl methyl sites for hydroxylation is 2. The first kappa shape index (κ1) is 22.3. The molecule has 0 aromatic heterocycles. The summed E-state index contributed by atoms with van der Waals surface area (Å²) in [6.45, 7) is 3.41. The molecule has 2 aliphatic rings. The number of carbonyl (C=O) groups is 1. The maximum Gasteiger partial charge on any atom is 0.257 e. The lowest BCUT2D eigenvalue weighted by molar-refractivity contribution is 0.0624. The molecule has 4 rings (SSSR count). The van der Waals surface area contributed by atoms with E-state index in [2.05, 4.69) is 4.90 Å². The zero-order chi connectivity index (χ0) is 22.7. The van der Waals surface area contributed by atoms with Crippen LogP contribution >= 0.6 is 0 Å². The first-order valence-electron chi connectivity index (χ1n) is 11.2. The Bertz CT molecular complexity index is 983. The average Bonchev–Trinajstić information content (AvgIpc) is 2.83. The molecule has 1 aliphatic carbocycles. The second kappa shape index (κ2) is 9.69. The number of hydrogen-bond donors (Lipinski definition) is 1. The largest absolute Gasteiger partial charge is 0.507 e. The number of nitrogens with zero attached hydrogens (tertiary/aromatic N) is 2. The smallest absolute Gasteiger partial charge is 0.257 e. The van der Waals surface area contributed by atoms with Gasteiger partial charge in [-0.3, -0.25) is 9.69 Å². The Morgan fingerprint density at radius 1 is 0.906 bits per heavy atom. The van der Waals surface area contributed by atoms with Gasteiger partial charge in [-0.1, -0.05) is 6.07 Å². The molecule has 2 aromatic rings. The number of methoxy groups -OCH3 is 3. The minimum Gasteiger partial charge on any atom is -0.507 e. The maximum atomic E-state index is 13.1. The summed E-state index contributed by atoms with van der Waals surface area (Å²) in [6, 6.07) is 7.58. The fourth-order valence-corrected chi connectivity index (χ4v) is 4.75. The molecule has 0 unspecified atom stereocenters. The topological polar surface area (TPSA) is 71.5 Å². The molecule has 1 amide bonds. The molecule has 0 atom stereocenters. The number of phenols is 1. The van der Waals surface area contributed by atoms with Crippen LogP contribution in [0.2, 0.25) is 0 Å². The molecule has 0 spiro atoms. The first-order valence-corrected chi connectivity index (χ1v) is 11.2. The maximum absolute atomic E-state index is 13.1. The van der Waals surface area contributed by atoms with Crippen molar-refractivity contribution >= 4 is 5.91 Å². The minimum absolute atomic E-state index is 0.0841. The summed E-state index contributed by atoms with van der Waals surface area (Å²) in [7, 11) is 4.83. The SMILES string of the molecule is COc1ccc(CN2CCN(C(=O)c3cc4c(cc3O)CCCC4)CC2)c(OC)c1OC. The van der Waals surface area contributed by atoms with Gasteiger partial charge < -0.3 is 24.2 Å². The van der Waals surface area contributed by atoms with Crippen LogP contribution in [0.15, 0.2) is 24.3 Å². The molecule has 7 heteroatoms. The number of ether oxygens (including phenoxy) is 3. The van der Waals surface area contributed by atoms with Crippen molar-refractivity contribution in [3.8, 4) is 23.0 Å². The Hall–Kier alpha value is -2.93. The number of fused-ring (bicyclic) bond motifs is 1. The van der Waals surface area contributed by atoms with Crippen molar-refractivity contribution in [1.82, 2.24) is 9.80 Å². The lowest BCUT2D eigenvalue weighted by Gasteiger charge is -2.35. The Morgan fingerprint density at radius 2 is 1.56 bits per heavy atom. The van der Waals surface area contributed by atoms with Crippen LogP contribution in [-0.2, 0) is 19.4 Å². The quantitative estimate of drug-likeness (QED) is 0.744. The van der Waals surface area contributed by atoms with E-state index in [0.29, 0.717) is 42.4 Å². The van der Waals surface area contributed by atoms with E-state index in [1.54, 1.807) is 27.4 Å². The number of hydrogen-bond acceptors (Lipinski definition) is 6. The van der Waals surface area contributed by atoms with Gasteiger partial charge in [0, 0.05) is 38.3 Å². The summed E-state index contributed by atoms with van der Waals surface area (Å²) >= 11 is 0. The number of amides is 1. The summed E-state index contributed by atoms with van der Waals surface area (Å²) in [5.74, 6) is 1.91. The number of benzene rings is 2. The standard InChI is InChI=1S/C25H32N2O5/c1-30-22-9-8-19(23(31-2)24(22)32-3)16-26-10-12-27(13-11-26)25(29)20-14-17-6-4-5-7-18(17)15-21(20)28/h8-9,14-15,28H,4-7,10-13,16H2,1-3H3. The van der Waals surface area contributed by atoms with Gasteiger partial charge in [0.25, 0.3) is 5.91 Å². The van der Waals surface area contributed by atoms with Crippen molar-refractivity contribution in [2.45, 2.75) is 32.2 Å². The zero-order valence-electron chi connectivity index (χ0n) is 19.1. The third-order valence-electron chi connectivity index (χ3n) is 6.53. The molecule has 0 saturated carbocycles. The fourth-order valence-electron chi connectivity index (χ4n) is 4.75. The van der Waals surface area contributed by atoms with Crippen LogP contribution < -0.4 is 14.2 Å². The summed E-state index contributed by atoms with van der Waals surface area (Å²) in [5.41, 5.74) is 3.83. The van der Waals surface area contributed by atoms with Crippen LogP contribution in [0.5, 0.6) is 23.0 Å². The number of phenolic OH excluding ortho intramolecular Hbond substituents is 1. The fraction of sp³-hybridized carbons (Fsp3) is 0.480. The van der Waals surface area contributed by atoms with Crippen molar-refractivity contribution in [1.29, 1.82) is 0 Å². The Labute approximate surface area is 189 Å². The summed E-state index contributed by atoms with van der Waals surface area (Å²) < 4.78 is 16.5. The van der Waals surface area contributed by atoms with E-state index in [1.165, 1.54) is 11.1 Å². The third-order valence-corrected chi connectivity index (χ3v) is 6.53. The van der Waals surface area contributed by atoms with Gasteiger partial charge in [0.1, 0.15) is 5.75 Å². The predicted octanol–water partition coefficient (Wildman–Crippen LogP) is 3.25. The van der Waals surface area contributed by atoms with Gasteiger partial charge in [0.15, 0.2) is 11.5 Å². The molecule has 1 aliphatic heterocycles. The van der Waals surface area contributed by atoms with Crippen molar-refractivity contribution < 1.29 is 24.1 Å². The second-order valence-corrected chi connectivity index (χ2v) is 8.41. The van der Waals surface area contributed by atoms with Crippen molar-refractivity contribution in [2.75, 3.05) is 47.5 Å². The molecule has 32 heavy (non-hydrogen) atoms. The van der Waals surface area contributed by atoms with Crippen LogP contribution in [0.25, 0.3) is 0 Å². The van der Waals surface area contributed by atoms with E-state index >= 15 is 0 Å². The van der Waals surface area contributed by atoms with Crippen LogP contribution in [-0.4, -0.2) is 68.3 Å². The van der Waals surface area contributed by atoms with Crippen LogP contribution in [0, 0.1) is 0 Å². The van der Waals surface area contributed by atoms with Gasteiger partial charge >= 0.3 is 0 Å². The van der Waals surface area contributed by atoms with E-state index in [1.807, 2.05) is 23.1 Å². The summed E-state index contributed by atoms with van der Waals surface area (Å²) in [4.78, 5) is 17.3. The van der Waals surface area contributed by atoms with Gasteiger partial charge in [-0.05, 0) is 55.0 Å². The highest BCUT2D eigenvalue weighted by atomic mass is 16.5. The lowest BCUT2D eigenvalue weighted by Crippen LogP contribution is -2.48. The Kier molecular flexibility index (Phi) is 6.74. The van der Waals surface area contributed by atoms with Crippen molar-refractivity contribution in [3.63, 3.8) is 0 Å². The third kappa shape index (κ3) is 4.35. The Morgan fingerprint density at radius 3 is 2.19 bits per heavy atom. The number of piperazine rings is 1. The Balaban J connectivity index is 1.42. The molecule has 1 saturated heterocycles. The monoisotopic (exact) mass is 440 g/mol. The van der Waals surface area contributed by atoms with E-state index < -0.39 is 0 Å². The molecule has 7 nitrogen and oxygen atoms in total.